The van der Waals surface area contributed by atoms with E-state index < -0.39 is 0 Å². The van der Waals surface area contributed by atoms with E-state index in [0.717, 1.165) is 25.2 Å². The van der Waals surface area contributed by atoms with Gasteiger partial charge in [-0.25, -0.2) is 10.2 Å². The van der Waals surface area contributed by atoms with Gasteiger partial charge in [0.1, 0.15) is 0 Å². The number of nitrogens with one attached hydrogen (secondary N) is 2. The number of nitrogens with zero attached hydrogens (tertiary/aromatic N) is 1. The molecule has 2 N–H and O–H groups in total. The summed E-state index contributed by atoms with van der Waals surface area (Å²) in [4.78, 5) is 10.9. The van der Waals surface area contributed by atoms with Gasteiger partial charge in [-0.15, -0.1) is 0 Å². The van der Waals surface area contributed by atoms with Gasteiger partial charge in [0, 0.05) is 13.2 Å². The standard InChI is InChI=1S/C8H15N3O2/c1-2-9-8(12)11-10-7-4-3-5-13-6-7/h2-6H2,1H3,(H2,9,11,12)/b10-7+. The van der Waals surface area contributed by atoms with Crippen molar-refractivity contribution in [2.75, 3.05) is 19.8 Å². The highest BCUT2D eigenvalue weighted by Crippen LogP contribution is 2.01. The van der Waals surface area contributed by atoms with Gasteiger partial charge in [0.2, 0.25) is 0 Å². The average molecular weight is 185 g/mol. The SMILES string of the molecule is CCNC(=O)N/N=C1\CCCOC1. The van der Waals surface area contributed by atoms with E-state index in [2.05, 4.69) is 15.8 Å². The summed E-state index contributed by atoms with van der Waals surface area (Å²) >= 11 is 0. The molecule has 74 valence electrons. The highest BCUT2D eigenvalue weighted by molar-refractivity contribution is 5.87. The van der Waals surface area contributed by atoms with Gasteiger partial charge in [0.05, 0.1) is 12.3 Å². The van der Waals surface area contributed by atoms with Crippen molar-refractivity contribution in [1.82, 2.24) is 10.7 Å². The molecule has 0 saturated carbocycles. The summed E-state index contributed by atoms with van der Waals surface area (Å²) in [5.41, 5.74) is 3.31. The fourth-order valence-corrected chi connectivity index (χ4v) is 1.06. The van der Waals surface area contributed by atoms with E-state index in [1.807, 2.05) is 6.92 Å². The minimum atomic E-state index is -0.263. The predicted octanol–water partition coefficient (Wildman–Crippen LogP) is 0.472. The maximum absolute atomic E-state index is 10.9. The summed E-state index contributed by atoms with van der Waals surface area (Å²) in [6, 6.07) is -0.263. The van der Waals surface area contributed by atoms with Crippen molar-refractivity contribution in [2.24, 2.45) is 5.10 Å². The number of urea groups is 1. The lowest BCUT2D eigenvalue weighted by atomic mass is 10.2. The monoisotopic (exact) mass is 185 g/mol. The normalized spacial score (nSPS) is 19.9. The van der Waals surface area contributed by atoms with Crippen LogP contribution in [0.5, 0.6) is 0 Å². The van der Waals surface area contributed by atoms with Crippen LogP contribution in [0.2, 0.25) is 0 Å². The van der Waals surface area contributed by atoms with E-state index >= 15 is 0 Å². The topological polar surface area (TPSA) is 62.7 Å². The number of hydrogen-bond acceptors (Lipinski definition) is 3. The van der Waals surface area contributed by atoms with Crippen molar-refractivity contribution in [1.29, 1.82) is 0 Å². The van der Waals surface area contributed by atoms with E-state index in [4.69, 9.17) is 4.74 Å². The van der Waals surface area contributed by atoms with E-state index in [0.29, 0.717) is 13.2 Å². The molecule has 0 aromatic rings. The van der Waals surface area contributed by atoms with Crippen molar-refractivity contribution >= 4 is 11.7 Å². The lowest BCUT2D eigenvalue weighted by Crippen LogP contribution is -2.33. The third-order valence-corrected chi connectivity index (χ3v) is 1.68. The van der Waals surface area contributed by atoms with Crippen LogP contribution in [0.4, 0.5) is 4.79 Å². The first-order valence-corrected chi connectivity index (χ1v) is 4.50. The zero-order valence-corrected chi connectivity index (χ0v) is 7.80. The largest absolute Gasteiger partial charge is 0.375 e. The fourth-order valence-electron chi connectivity index (χ4n) is 1.06. The molecule has 0 bridgehead atoms. The highest BCUT2D eigenvalue weighted by Gasteiger charge is 2.07. The van der Waals surface area contributed by atoms with Crippen molar-refractivity contribution < 1.29 is 9.53 Å². The zero-order chi connectivity index (χ0) is 9.52. The number of amides is 2. The summed E-state index contributed by atoms with van der Waals surface area (Å²) in [6.45, 7) is 3.79. The molecule has 5 heteroatoms. The molecule has 0 spiro atoms. The molecule has 13 heavy (non-hydrogen) atoms. The van der Waals surface area contributed by atoms with Gasteiger partial charge in [-0.1, -0.05) is 0 Å². The Labute approximate surface area is 77.5 Å². The van der Waals surface area contributed by atoms with Crippen LogP contribution in [0, 0.1) is 0 Å². The first kappa shape index (κ1) is 9.98. The maximum atomic E-state index is 10.9. The summed E-state index contributed by atoms with van der Waals surface area (Å²) in [6.07, 6.45) is 1.89. The van der Waals surface area contributed by atoms with Gasteiger partial charge >= 0.3 is 6.03 Å². The quantitative estimate of drug-likeness (QED) is 0.614. The Morgan fingerprint density at radius 3 is 3.15 bits per heavy atom. The highest BCUT2D eigenvalue weighted by atomic mass is 16.5. The number of ether oxygens (including phenoxy) is 1. The van der Waals surface area contributed by atoms with Gasteiger partial charge in [0.15, 0.2) is 0 Å². The molecule has 0 aromatic heterocycles. The molecule has 0 aliphatic carbocycles. The molecule has 0 atom stereocenters. The molecule has 2 amide bonds. The molecule has 5 nitrogen and oxygen atoms in total. The Kier molecular flexibility index (Phi) is 4.25. The number of rotatable bonds is 2. The second kappa shape index (κ2) is 5.53. The van der Waals surface area contributed by atoms with Gasteiger partial charge < -0.3 is 10.1 Å². The Morgan fingerprint density at radius 2 is 2.54 bits per heavy atom. The molecule has 1 rings (SSSR count). The molecule has 0 aromatic carbocycles. The van der Waals surface area contributed by atoms with Crippen LogP contribution in [-0.2, 0) is 4.74 Å². The first-order chi connectivity index (χ1) is 6.33. The minimum Gasteiger partial charge on any atom is -0.375 e. The third kappa shape index (κ3) is 3.89. The summed E-state index contributed by atoms with van der Waals surface area (Å²) in [5.74, 6) is 0. The Hall–Kier alpha value is -1.10. The molecule has 1 aliphatic rings. The Balaban J connectivity index is 2.25. The summed E-state index contributed by atoms with van der Waals surface area (Å²) in [5, 5.41) is 6.52. The third-order valence-electron chi connectivity index (χ3n) is 1.68. The van der Waals surface area contributed by atoms with E-state index in [1.54, 1.807) is 0 Å². The molecule has 1 aliphatic heterocycles. The molecule has 1 heterocycles. The second-order valence-corrected chi connectivity index (χ2v) is 2.81. The van der Waals surface area contributed by atoms with Crippen LogP contribution in [0.15, 0.2) is 5.10 Å². The first-order valence-electron chi connectivity index (χ1n) is 4.50. The van der Waals surface area contributed by atoms with Crippen LogP contribution in [-0.4, -0.2) is 31.5 Å². The molecule has 1 saturated heterocycles. The van der Waals surface area contributed by atoms with E-state index in [9.17, 15) is 4.79 Å². The smallest absolute Gasteiger partial charge is 0.335 e. The molecular formula is C8H15N3O2. The van der Waals surface area contributed by atoms with Crippen molar-refractivity contribution in [3.8, 4) is 0 Å². The molecule has 0 radical (unpaired) electrons. The van der Waals surface area contributed by atoms with Crippen LogP contribution in [0.1, 0.15) is 19.8 Å². The number of carbonyl (C=O) groups is 1. The van der Waals surface area contributed by atoms with Gasteiger partial charge in [-0.2, -0.15) is 5.10 Å². The Morgan fingerprint density at radius 1 is 1.69 bits per heavy atom. The number of hydrazone groups is 1. The van der Waals surface area contributed by atoms with Crippen molar-refractivity contribution in [2.45, 2.75) is 19.8 Å². The van der Waals surface area contributed by atoms with Crippen LogP contribution in [0.25, 0.3) is 0 Å². The second-order valence-electron chi connectivity index (χ2n) is 2.81. The van der Waals surface area contributed by atoms with E-state index in [1.165, 1.54) is 0 Å². The zero-order valence-electron chi connectivity index (χ0n) is 7.80. The van der Waals surface area contributed by atoms with Crippen LogP contribution >= 0.6 is 0 Å². The molecular weight excluding hydrogens is 170 g/mol. The minimum absolute atomic E-state index is 0.263. The molecule has 1 fully saturated rings. The summed E-state index contributed by atoms with van der Waals surface area (Å²) in [7, 11) is 0. The lowest BCUT2D eigenvalue weighted by molar-refractivity contribution is 0.154. The summed E-state index contributed by atoms with van der Waals surface area (Å²) < 4.78 is 5.17. The van der Waals surface area contributed by atoms with Crippen molar-refractivity contribution in [3.05, 3.63) is 0 Å². The van der Waals surface area contributed by atoms with Crippen LogP contribution < -0.4 is 10.7 Å². The van der Waals surface area contributed by atoms with Gasteiger partial charge in [-0.05, 0) is 19.8 Å². The van der Waals surface area contributed by atoms with Crippen molar-refractivity contribution in [3.63, 3.8) is 0 Å². The van der Waals surface area contributed by atoms with E-state index in [-0.39, 0.29) is 6.03 Å². The maximum Gasteiger partial charge on any atom is 0.335 e. The van der Waals surface area contributed by atoms with Gasteiger partial charge in [0.25, 0.3) is 0 Å². The fraction of sp³-hybridized carbons (Fsp3) is 0.750. The van der Waals surface area contributed by atoms with Gasteiger partial charge in [-0.3, -0.25) is 0 Å². The predicted molar refractivity (Wildman–Crippen MR) is 49.7 cm³/mol. The Bertz CT molecular complexity index is 196. The lowest BCUT2D eigenvalue weighted by Gasteiger charge is -2.13. The van der Waals surface area contributed by atoms with Crippen LogP contribution in [0.3, 0.4) is 0 Å². The molecule has 0 unspecified atom stereocenters. The number of carbonyl (C=O) groups excluding carboxylic acids is 1. The average Bonchev–Trinajstić information content (AvgIpc) is 2.17. The number of hydrogen-bond donors (Lipinski definition) is 2.